The third-order valence-corrected chi connectivity index (χ3v) is 5.41. The van der Waals surface area contributed by atoms with Crippen molar-refractivity contribution in [2.45, 2.75) is 25.8 Å². The van der Waals surface area contributed by atoms with Gasteiger partial charge in [0.05, 0.1) is 17.0 Å². The minimum atomic E-state index is -3.69. The number of anilines is 1. The molecule has 22 heavy (non-hydrogen) atoms. The number of hydrogen-bond donors (Lipinski definition) is 0. The molecule has 2 rings (SSSR count). The van der Waals surface area contributed by atoms with E-state index in [9.17, 15) is 13.2 Å². The molecule has 0 N–H and O–H groups in total. The maximum atomic E-state index is 12.5. The second-order valence-electron chi connectivity index (χ2n) is 5.36. The zero-order chi connectivity index (χ0) is 16.5. The first kappa shape index (κ1) is 17.4. The molecule has 0 spiro atoms. The molecule has 0 saturated carbocycles. The largest absolute Gasteiger partial charge is 0.341 e. The first-order valence-corrected chi connectivity index (χ1v) is 9.55. The van der Waals surface area contributed by atoms with Gasteiger partial charge in [0.15, 0.2) is 0 Å². The zero-order valence-electron chi connectivity index (χ0n) is 12.4. The monoisotopic (exact) mass is 364 g/mol. The van der Waals surface area contributed by atoms with Crippen LogP contribution < -0.4 is 4.31 Å². The van der Waals surface area contributed by atoms with Crippen molar-refractivity contribution < 1.29 is 13.2 Å². The average Bonchev–Trinajstić information content (AvgIpc) is 2.94. The van der Waals surface area contributed by atoms with Gasteiger partial charge >= 0.3 is 0 Å². The van der Waals surface area contributed by atoms with Gasteiger partial charge in [-0.15, -0.1) is 0 Å². The minimum Gasteiger partial charge on any atom is -0.341 e. The van der Waals surface area contributed by atoms with E-state index < -0.39 is 16.1 Å². The molecule has 1 atom stereocenters. The van der Waals surface area contributed by atoms with Gasteiger partial charge in [-0.05, 0) is 38.0 Å². The van der Waals surface area contributed by atoms with Gasteiger partial charge in [0.1, 0.15) is 6.04 Å². The lowest BCUT2D eigenvalue weighted by Crippen LogP contribution is -2.48. The van der Waals surface area contributed by atoms with Crippen LogP contribution in [-0.2, 0) is 14.8 Å². The molecule has 8 heteroatoms. The number of hydrogen-bond acceptors (Lipinski definition) is 3. The number of carbonyl (C=O) groups excluding carboxylic acids is 1. The molecule has 0 radical (unpaired) electrons. The van der Waals surface area contributed by atoms with Crippen molar-refractivity contribution in [1.82, 2.24) is 4.90 Å². The topological polar surface area (TPSA) is 57.7 Å². The first-order valence-electron chi connectivity index (χ1n) is 6.95. The van der Waals surface area contributed by atoms with Crippen LogP contribution in [0.15, 0.2) is 18.2 Å². The first-order chi connectivity index (χ1) is 10.2. The van der Waals surface area contributed by atoms with E-state index in [1.165, 1.54) is 12.1 Å². The van der Waals surface area contributed by atoms with Crippen LogP contribution in [0.3, 0.4) is 0 Å². The van der Waals surface area contributed by atoms with Crippen LogP contribution in [0.25, 0.3) is 0 Å². The van der Waals surface area contributed by atoms with Crippen molar-refractivity contribution in [1.29, 1.82) is 0 Å². The number of carbonyl (C=O) groups is 1. The predicted octanol–water partition coefficient (Wildman–Crippen LogP) is 2.77. The third-order valence-electron chi connectivity index (χ3n) is 3.63. The van der Waals surface area contributed by atoms with Crippen molar-refractivity contribution in [3.63, 3.8) is 0 Å². The van der Waals surface area contributed by atoms with Crippen LogP contribution in [-0.4, -0.2) is 44.6 Å². The minimum absolute atomic E-state index is 0.219. The summed E-state index contributed by atoms with van der Waals surface area (Å²) in [7, 11) is -3.69. The van der Waals surface area contributed by atoms with E-state index in [1.54, 1.807) is 17.9 Å². The Balaban J connectivity index is 2.42. The van der Waals surface area contributed by atoms with Gasteiger partial charge in [0.25, 0.3) is 0 Å². The van der Waals surface area contributed by atoms with Crippen LogP contribution in [0, 0.1) is 0 Å². The molecule has 5 nitrogen and oxygen atoms in total. The lowest BCUT2D eigenvalue weighted by Gasteiger charge is -2.31. The van der Waals surface area contributed by atoms with Crippen molar-refractivity contribution in [2.24, 2.45) is 0 Å². The van der Waals surface area contributed by atoms with Gasteiger partial charge in [-0.3, -0.25) is 9.10 Å². The highest BCUT2D eigenvalue weighted by Gasteiger charge is 2.34. The molecular weight excluding hydrogens is 347 g/mol. The summed E-state index contributed by atoms with van der Waals surface area (Å²) in [4.78, 5) is 14.2. The van der Waals surface area contributed by atoms with Gasteiger partial charge in [0, 0.05) is 18.1 Å². The molecule has 1 aliphatic heterocycles. The Labute approximate surface area is 140 Å². The molecule has 1 amide bonds. The summed E-state index contributed by atoms with van der Waals surface area (Å²) in [5, 5.41) is 0.588. The van der Waals surface area contributed by atoms with E-state index in [2.05, 4.69) is 0 Å². The van der Waals surface area contributed by atoms with E-state index in [4.69, 9.17) is 23.2 Å². The Bertz CT molecular complexity index is 673. The van der Waals surface area contributed by atoms with Gasteiger partial charge in [0.2, 0.25) is 15.9 Å². The quantitative estimate of drug-likeness (QED) is 0.825. The SMILES string of the molecule is CC(C(=O)N1CCCC1)N(c1cc(Cl)ccc1Cl)S(C)(=O)=O. The highest BCUT2D eigenvalue weighted by atomic mass is 35.5. The second-order valence-corrected chi connectivity index (χ2v) is 8.07. The molecule has 1 unspecified atom stereocenters. The summed E-state index contributed by atoms with van der Waals surface area (Å²) in [6.07, 6.45) is 2.93. The summed E-state index contributed by atoms with van der Waals surface area (Å²) < 4.78 is 25.5. The van der Waals surface area contributed by atoms with Crippen LogP contribution in [0.4, 0.5) is 5.69 Å². The number of benzene rings is 1. The molecule has 0 bridgehead atoms. The van der Waals surface area contributed by atoms with Gasteiger partial charge in [-0.2, -0.15) is 0 Å². The van der Waals surface area contributed by atoms with Gasteiger partial charge in [-0.25, -0.2) is 8.42 Å². The Hall–Kier alpha value is -0.980. The summed E-state index contributed by atoms with van der Waals surface area (Å²) >= 11 is 12.1. The van der Waals surface area contributed by atoms with Crippen molar-refractivity contribution >= 4 is 44.8 Å². The predicted molar refractivity (Wildman–Crippen MR) is 89.1 cm³/mol. The number of amides is 1. The molecule has 1 heterocycles. The number of nitrogens with zero attached hydrogens (tertiary/aromatic N) is 2. The Kier molecular flexibility index (Phi) is 5.25. The van der Waals surface area contributed by atoms with Crippen molar-refractivity contribution in [3.8, 4) is 0 Å². The highest BCUT2D eigenvalue weighted by Crippen LogP contribution is 2.32. The number of halogens is 2. The lowest BCUT2D eigenvalue weighted by molar-refractivity contribution is -0.130. The smallest absolute Gasteiger partial charge is 0.246 e. The third kappa shape index (κ3) is 3.67. The van der Waals surface area contributed by atoms with Gasteiger partial charge in [-0.1, -0.05) is 23.2 Å². The fraction of sp³-hybridized carbons (Fsp3) is 0.500. The maximum Gasteiger partial charge on any atom is 0.246 e. The number of sulfonamides is 1. The number of likely N-dealkylation sites (tertiary alicyclic amines) is 1. The molecule has 122 valence electrons. The standard InChI is InChI=1S/C14H18Cl2N2O3S/c1-10(14(19)17-7-3-4-8-17)18(22(2,20)21)13-9-11(15)5-6-12(13)16/h5-6,9-10H,3-4,7-8H2,1-2H3. The molecule has 0 aromatic heterocycles. The Morgan fingerprint density at radius 2 is 1.86 bits per heavy atom. The molecule has 1 aromatic carbocycles. The highest BCUT2D eigenvalue weighted by molar-refractivity contribution is 7.92. The molecule has 1 fully saturated rings. The second kappa shape index (κ2) is 6.64. The summed E-state index contributed by atoms with van der Waals surface area (Å²) in [6.45, 7) is 2.88. The van der Waals surface area contributed by atoms with E-state index in [0.29, 0.717) is 18.1 Å². The maximum absolute atomic E-state index is 12.5. The summed E-state index contributed by atoms with van der Waals surface area (Å²) in [5.41, 5.74) is 0.219. The van der Waals surface area contributed by atoms with Crippen LogP contribution >= 0.6 is 23.2 Å². The molecule has 1 saturated heterocycles. The fourth-order valence-corrected chi connectivity index (χ4v) is 4.23. The van der Waals surface area contributed by atoms with Crippen LogP contribution in [0.5, 0.6) is 0 Å². The lowest BCUT2D eigenvalue weighted by atomic mass is 10.2. The normalized spacial score (nSPS) is 16.6. The molecule has 0 aliphatic carbocycles. The average molecular weight is 365 g/mol. The fourth-order valence-electron chi connectivity index (χ4n) is 2.63. The summed E-state index contributed by atoms with van der Waals surface area (Å²) in [5.74, 6) is -0.223. The zero-order valence-corrected chi connectivity index (χ0v) is 14.7. The van der Waals surface area contributed by atoms with Crippen LogP contribution in [0.1, 0.15) is 19.8 Å². The molecule has 1 aliphatic rings. The van der Waals surface area contributed by atoms with E-state index in [1.807, 2.05) is 0 Å². The van der Waals surface area contributed by atoms with Crippen molar-refractivity contribution in [2.75, 3.05) is 23.7 Å². The van der Waals surface area contributed by atoms with Crippen molar-refractivity contribution in [3.05, 3.63) is 28.2 Å². The molecular formula is C14H18Cl2N2O3S. The van der Waals surface area contributed by atoms with Gasteiger partial charge < -0.3 is 4.90 Å². The Morgan fingerprint density at radius 1 is 1.27 bits per heavy atom. The van der Waals surface area contributed by atoms with E-state index >= 15 is 0 Å². The van der Waals surface area contributed by atoms with E-state index in [-0.39, 0.29) is 16.6 Å². The molecule has 1 aromatic rings. The Morgan fingerprint density at radius 3 is 2.41 bits per heavy atom. The van der Waals surface area contributed by atoms with E-state index in [0.717, 1.165) is 23.4 Å². The van der Waals surface area contributed by atoms with Crippen LogP contribution in [0.2, 0.25) is 10.0 Å². The summed E-state index contributed by atoms with van der Waals surface area (Å²) in [6, 6.07) is 3.67. The number of rotatable bonds is 4.